The number of halogens is 4. The van der Waals surface area contributed by atoms with Crippen LogP contribution in [0.25, 0.3) is 0 Å². The van der Waals surface area contributed by atoms with Crippen LogP contribution >= 0.6 is 24.2 Å². The molecule has 0 radical (unpaired) electrons. The summed E-state index contributed by atoms with van der Waals surface area (Å²) in [5, 5.41) is 2.27. The summed E-state index contributed by atoms with van der Waals surface area (Å²) >= 11 is 9.77. The maximum absolute atomic E-state index is 12.7. The van der Waals surface area contributed by atoms with Crippen LogP contribution in [0.2, 0.25) is 5.02 Å². The van der Waals surface area contributed by atoms with E-state index in [-0.39, 0.29) is 16.3 Å². The van der Waals surface area contributed by atoms with Gasteiger partial charge in [-0.1, -0.05) is 23.7 Å². The second-order valence-corrected chi connectivity index (χ2v) is 5.12. The predicted molar refractivity (Wildman–Crippen MR) is 78.1 cm³/mol. The lowest BCUT2D eigenvalue weighted by Crippen LogP contribution is -2.14. The summed E-state index contributed by atoms with van der Waals surface area (Å²) in [6.07, 6.45) is -4.54. The lowest BCUT2D eigenvalue weighted by atomic mass is 10.1. The number of carbonyl (C=O) groups is 1. The molecule has 0 bridgehead atoms. The van der Waals surface area contributed by atoms with E-state index in [1.165, 1.54) is 12.1 Å². The topological polar surface area (TPSA) is 29.1 Å². The minimum atomic E-state index is -4.54. The summed E-state index contributed by atoms with van der Waals surface area (Å²) in [5.74, 6) is -0.559. The maximum Gasteiger partial charge on any atom is 0.416 e. The van der Waals surface area contributed by atoms with Gasteiger partial charge in [-0.2, -0.15) is 13.2 Å². The van der Waals surface area contributed by atoms with Crippen molar-refractivity contribution in [1.82, 2.24) is 0 Å². The van der Waals surface area contributed by atoms with Crippen LogP contribution in [0.3, 0.4) is 0 Å². The van der Waals surface area contributed by atoms with Crippen LogP contribution in [0, 0.1) is 0 Å². The smallest absolute Gasteiger partial charge is 0.322 e. The second-order valence-electron chi connectivity index (χ2n) is 4.20. The zero-order valence-electron chi connectivity index (χ0n) is 10.4. The first-order valence-electron chi connectivity index (χ1n) is 5.74. The molecule has 2 nitrogen and oxygen atoms in total. The van der Waals surface area contributed by atoms with E-state index in [4.69, 9.17) is 11.6 Å². The number of alkyl halides is 3. The molecule has 0 aliphatic heterocycles. The number of anilines is 1. The van der Waals surface area contributed by atoms with E-state index in [0.717, 1.165) is 12.1 Å². The zero-order chi connectivity index (χ0) is 15.6. The van der Waals surface area contributed by atoms with Gasteiger partial charge in [0, 0.05) is 15.6 Å². The molecule has 0 saturated heterocycles. The van der Waals surface area contributed by atoms with Gasteiger partial charge in [0.1, 0.15) is 0 Å². The number of rotatable bonds is 2. The SMILES string of the molecule is O=C(Nc1cc(Cl)cc(C(F)(F)F)c1)c1ccccc1S. The third kappa shape index (κ3) is 3.92. The van der Waals surface area contributed by atoms with Crippen molar-refractivity contribution in [3.63, 3.8) is 0 Å². The lowest BCUT2D eigenvalue weighted by Gasteiger charge is -2.11. The van der Waals surface area contributed by atoms with Gasteiger partial charge in [0.2, 0.25) is 0 Å². The number of nitrogens with one attached hydrogen (secondary N) is 1. The van der Waals surface area contributed by atoms with Crippen LogP contribution in [-0.2, 0) is 6.18 Å². The van der Waals surface area contributed by atoms with E-state index in [1.54, 1.807) is 18.2 Å². The number of hydrogen-bond donors (Lipinski definition) is 2. The number of benzene rings is 2. The van der Waals surface area contributed by atoms with Gasteiger partial charge in [-0.15, -0.1) is 12.6 Å². The molecular weight excluding hydrogens is 323 g/mol. The Morgan fingerprint density at radius 2 is 1.81 bits per heavy atom. The van der Waals surface area contributed by atoms with Crippen molar-refractivity contribution < 1.29 is 18.0 Å². The summed E-state index contributed by atoms with van der Waals surface area (Å²) in [6, 6.07) is 9.32. The largest absolute Gasteiger partial charge is 0.416 e. The van der Waals surface area contributed by atoms with Crippen LogP contribution in [0.15, 0.2) is 47.4 Å². The monoisotopic (exact) mass is 331 g/mol. The fraction of sp³-hybridized carbons (Fsp3) is 0.0714. The number of thiol groups is 1. The summed E-state index contributed by atoms with van der Waals surface area (Å²) in [6.45, 7) is 0. The average Bonchev–Trinajstić information content (AvgIpc) is 2.37. The Kier molecular flexibility index (Phi) is 4.49. The second kappa shape index (κ2) is 5.99. The molecule has 2 aromatic carbocycles. The Hall–Kier alpha value is -1.66. The van der Waals surface area contributed by atoms with Crippen LogP contribution in [-0.4, -0.2) is 5.91 Å². The highest BCUT2D eigenvalue weighted by atomic mass is 35.5. The molecule has 0 fully saturated rings. The summed E-state index contributed by atoms with van der Waals surface area (Å²) in [7, 11) is 0. The van der Waals surface area contributed by atoms with Crippen molar-refractivity contribution >= 4 is 35.8 Å². The average molecular weight is 332 g/mol. The van der Waals surface area contributed by atoms with Crippen LogP contribution in [0.1, 0.15) is 15.9 Å². The van der Waals surface area contributed by atoms with Gasteiger partial charge in [-0.05, 0) is 30.3 Å². The zero-order valence-corrected chi connectivity index (χ0v) is 12.1. The van der Waals surface area contributed by atoms with Gasteiger partial charge in [0.05, 0.1) is 11.1 Å². The van der Waals surface area contributed by atoms with Gasteiger partial charge in [0.15, 0.2) is 0 Å². The van der Waals surface area contributed by atoms with Crippen molar-refractivity contribution in [3.05, 3.63) is 58.6 Å². The Morgan fingerprint density at radius 3 is 2.43 bits per heavy atom. The van der Waals surface area contributed by atoms with E-state index in [9.17, 15) is 18.0 Å². The predicted octanol–water partition coefficient (Wildman–Crippen LogP) is 4.90. The molecule has 0 aromatic heterocycles. The van der Waals surface area contributed by atoms with Gasteiger partial charge >= 0.3 is 6.18 Å². The molecule has 0 aliphatic carbocycles. The Balaban J connectivity index is 2.30. The molecule has 0 saturated carbocycles. The molecule has 0 atom stereocenters. The summed E-state index contributed by atoms with van der Waals surface area (Å²) < 4.78 is 38.1. The van der Waals surface area contributed by atoms with Gasteiger partial charge in [0.25, 0.3) is 5.91 Å². The third-order valence-electron chi connectivity index (χ3n) is 2.63. The summed E-state index contributed by atoms with van der Waals surface area (Å²) in [5.41, 5.74) is -0.699. The van der Waals surface area contributed by atoms with E-state index in [1.807, 2.05) is 0 Å². The Labute approximate surface area is 129 Å². The minimum Gasteiger partial charge on any atom is -0.322 e. The highest BCUT2D eigenvalue weighted by Gasteiger charge is 2.31. The first-order chi connectivity index (χ1) is 9.77. The lowest BCUT2D eigenvalue weighted by molar-refractivity contribution is -0.137. The molecule has 1 N–H and O–H groups in total. The van der Waals surface area contributed by atoms with Crippen molar-refractivity contribution in [2.24, 2.45) is 0 Å². The maximum atomic E-state index is 12.7. The Bertz CT molecular complexity index is 688. The first-order valence-corrected chi connectivity index (χ1v) is 6.57. The fourth-order valence-corrected chi connectivity index (χ4v) is 2.19. The van der Waals surface area contributed by atoms with Gasteiger partial charge < -0.3 is 5.32 Å². The van der Waals surface area contributed by atoms with E-state index < -0.39 is 17.6 Å². The molecule has 110 valence electrons. The minimum absolute atomic E-state index is 0.0311. The van der Waals surface area contributed by atoms with Crippen LogP contribution in [0.4, 0.5) is 18.9 Å². The van der Waals surface area contributed by atoms with Gasteiger partial charge in [-0.3, -0.25) is 4.79 Å². The summed E-state index contributed by atoms with van der Waals surface area (Å²) in [4.78, 5) is 12.4. The highest BCUT2D eigenvalue weighted by molar-refractivity contribution is 7.80. The molecule has 0 aliphatic rings. The molecule has 21 heavy (non-hydrogen) atoms. The molecule has 0 spiro atoms. The fourth-order valence-electron chi connectivity index (χ4n) is 1.69. The van der Waals surface area contributed by atoms with E-state index in [2.05, 4.69) is 17.9 Å². The molecule has 2 rings (SSSR count). The standard InChI is InChI=1S/C14H9ClF3NOS/c15-9-5-8(14(16,17)18)6-10(7-9)19-13(20)11-3-1-2-4-12(11)21/h1-7,21H,(H,19,20). The number of amides is 1. The van der Waals surface area contributed by atoms with Crippen LogP contribution in [0.5, 0.6) is 0 Å². The van der Waals surface area contributed by atoms with Crippen molar-refractivity contribution in [3.8, 4) is 0 Å². The van der Waals surface area contributed by atoms with Crippen LogP contribution < -0.4 is 5.32 Å². The first kappa shape index (κ1) is 15.7. The quantitative estimate of drug-likeness (QED) is 0.753. The molecule has 0 heterocycles. The molecule has 2 aromatic rings. The van der Waals surface area contributed by atoms with E-state index >= 15 is 0 Å². The highest BCUT2D eigenvalue weighted by Crippen LogP contribution is 2.33. The number of carbonyl (C=O) groups excluding carboxylic acids is 1. The van der Waals surface area contributed by atoms with Crippen molar-refractivity contribution in [2.45, 2.75) is 11.1 Å². The molecular formula is C14H9ClF3NOS. The molecule has 1 amide bonds. The third-order valence-corrected chi connectivity index (χ3v) is 3.24. The van der Waals surface area contributed by atoms with Gasteiger partial charge in [-0.25, -0.2) is 0 Å². The normalized spacial score (nSPS) is 11.3. The molecule has 0 unspecified atom stereocenters. The molecule has 7 heteroatoms. The number of hydrogen-bond acceptors (Lipinski definition) is 2. The van der Waals surface area contributed by atoms with Crippen molar-refractivity contribution in [1.29, 1.82) is 0 Å². The van der Waals surface area contributed by atoms with E-state index in [0.29, 0.717) is 4.90 Å². The van der Waals surface area contributed by atoms with Crippen molar-refractivity contribution in [2.75, 3.05) is 5.32 Å². The Morgan fingerprint density at radius 1 is 1.14 bits per heavy atom.